The molecule has 0 bridgehead atoms. The minimum Gasteiger partial charge on any atom is -0.294 e. The van der Waals surface area contributed by atoms with Crippen LogP contribution in [0, 0.1) is 12.3 Å². The molecule has 1 aliphatic carbocycles. The smallest absolute Gasteiger partial charge is 0.169 e. The quantitative estimate of drug-likeness (QED) is 0.755. The van der Waals surface area contributed by atoms with Crippen molar-refractivity contribution in [1.29, 1.82) is 0 Å². The summed E-state index contributed by atoms with van der Waals surface area (Å²) < 4.78 is 0. The number of carbonyl (C=O) groups excluding carboxylic acids is 1. The van der Waals surface area contributed by atoms with Crippen LogP contribution in [0.4, 0.5) is 0 Å². The number of carbonyl (C=O) groups is 1. The number of aromatic nitrogens is 1. The fourth-order valence-corrected chi connectivity index (χ4v) is 3.47. The van der Waals surface area contributed by atoms with E-state index in [0.29, 0.717) is 5.78 Å². The highest BCUT2D eigenvalue weighted by Gasteiger charge is 2.39. The third-order valence-electron chi connectivity index (χ3n) is 4.81. The number of rotatable bonds is 3. The van der Waals surface area contributed by atoms with Gasteiger partial charge in [0.2, 0.25) is 0 Å². The molecule has 0 saturated heterocycles. The van der Waals surface area contributed by atoms with Gasteiger partial charge in [0.05, 0.1) is 5.52 Å². The second-order valence-electron chi connectivity index (χ2n) is 6.03. The van der Waals surface area contributed by atoms with Gasteiger partial charge in [0.15, 0.2) is 5.78 Å². The van der Waals surface area contributed by atoms with Gasteiger partial charge in [-0.25, -0.2) is 0 Å². The van der Waals surface area contributed by atoms with E-state index in [-0.39, 0.29) is 5.41 Å². The molecule has 0 spiro atoms. The number of fused-ring (bicyclic) bond motifs is 1. The van der Waals surface area contributed by atoms with Crippen molar-refractivity contribution >= 4 is 16.7 Å². The number of benzene rings is 1. The first-order chi connectivity index (χ1) is 9.64. The molecule has 104 valence electrons. The van der Waals surface area contributed by atoms with Crippen LogP contribution >= 0.6 is 0 Å². The Morgan fingerprint density at radius 3 is 2.65 bits per heavy atom. The summed E-state index contributed by atoms with van der Waals surface area (Å²) in [7, 11) is 0. The molecule has 2 heteroatoms. The normalized spacial score (nSPS) is 17.5. The van der Waals surface area contributed by atoms with Gasteiger partial charge in [-0.15, -0.1) is 0 Å². The first-order valence-electron chi connectivity index (χ1n) is 7.57. The van der Waals surface area contributed by atoms with E-state index in [1.54, 1.807) is 0 Å². The lowest BCUT2D eigenvalue weighted by atomic mass is 9.76. The Labute approximate surface area is 120 Å². The van der Waals surface area contributed by atoms with Crippen LogP contribution in [-0.4, -0.2) is 10.8 Å². The van der Waals surface area contributed by atoms with Gasteiger partial charge in [0.1, 0.15) is 0 Å². The fourth-order valence-electron chi connectivity index (χ4n) is 3.47. The summed E-state index contributed by atoms with van der Waals surface area (Å²) in [5.74, 6) is 0.333. The zero-order valence-electron chi connectivity index (χ0n) is 12.3. The van der Waals surface area contributed by atoms with E-state index in [2.05, 4.69) is 18.0 Å². The first-order valence-corrected chi connectivity index (χ1v) is 7.57. The van der Waals surface area contributed by atoms with Gasteiger partial charge >= 0.3 is 0 Å². The summed E-state index contributed by atoms with van der Waals surface area (Å²) >= 11 is 0. The first kappa shape index (κ1) is 13.3. The van der Waals surface area contributed by atoms with E-state index in [9.17, 15) is 4.79 Å². The third kappa shape index (κ3) is 2.13. The molecule has 2 aromatic rings. The van der Waals surface area contributed by atoms with Crippen molar-refractivity contribution in [1.82, 2.24) is 4.98 Å². The molecule has 1 heterocycles. The molecule has 0 aliphatic heterocycles. The fraction of sp³-hybridized carbons (Fsp3) is 0.444. The van der Waals surface area contributed by atoms with Crippen molar-refractivity contribution in [3.63, 3.8) is 0 Å². The third-order valence-corrected chi connectivity index (χ3v) is 4.81. The van der Waals surface area contributed by atoms with Crippen molar-refractivity contribution < 1.29 is 4.79 Å². The predicted octanol–water partition coefficient (Wildman–Crippen LogP) is 4.70. The molecule has 3 rings (SSSR count). The average molecular weight is 267 g/mol. The maximum absolute atomic E-state index is 12.9. The monoisotopic (exact) mass is 267 g/mol. The molecule has 0 N–H and O–H groups in total. The second-order valence-corrected chi connectivity index (χ2v) is 6.03. The van der Waals surface area contributed by atoms with Crippen LogP contribution in [0.15, 0.2) is 30.3 Å². The number of hydrogen-bond donors (Lipinski definition) is 0. The molecule has 1 aromatic carbocycles. The van der Waals surface area contributed by atoms with Crippen LogP contribution in [0.3, 0.4) is 0 Å². The maximum atomic E-state index is 12.9. The highest BCUT2D eigenvalue weighted by Crippen LogP contribution is 2.43. The lowest BCUT2D eigenvalue weighted by Crippen LogP contribution is -2.27. The van der Waals surface area contributed by atoms with Crippen molar-refractivity contribution in [2.24, 2.45) is 5.41 Å². The zero-order valence-corrected chi connectivity index (χ0v) is 12.3. The number of pyridine rings is 1. The summed E-state index contributed by atoms with van der Waals surface area (Å²) in [6.45, 7) is 4.14. The molecule has 1 aromatic heterocycles. The Kier molecular flexibility index (Phi) is 3.33. The van der Waals surface area contributed by atoms with Gasteiger partial charge in [0, 0.05) is 22.1 Å². The Morgan fingerprint density at radius 2 is 1.95 bits per heavy atom. The molecule has 20 heavy (non-hydrogen) atoms. The molecular formula is C18H21NO. The molecule has 0 amide bonds. The molecule has 0 unspecified atom stereocenters. The Hall–Kier alpha value is -1.70. The van der Waals surface area contributed by atoms with Crippen molar-refractivity contribution in [2.75, 3.05) is 0 Å². The minimum absolute atomic E-state index is 0.105. The lowest BCUT2D eigenvalue weighted by molar-refractivity contribution is 0.0791. The van der Waals surface area contributed by atoms with E-state index < -0.39 is 0 Å². The van der Waals surface area contributed by atoms with E-state index >= 15 is 0 Å². The summed E-state index contributed by atoms with van der Waals surface area (Å²) in [4.78, 5) is 17.4. The summed E-state index contributed by atoms with van der Waals surface area (Å²) in [6, 6.07) is 10.0. The number of Topliss-reactive ketones (excluding diaryl/α,β-unsaturated/α-hetero) is 1. The Morgan fingerprint density at radius 1 is 1.20 bits per heavy atom. The number of nitrogens with zero attached hydrogens (tertiary/aromatic N) is 1. The van der Waals surface area contributed by atoms with Crippen molar-refractivity contribution in [3.8, 4) is 0 Å². The Balaban J connectivity index is 2.01. The summed E-state index contributed by atoms with van der Waals surface area (Å²) in [6.07, 6.45) is 5.43. The molecular weight excluding hydrogens is 246 g/mol. The van der Waals surface area contributed by atoms with Gasteiger partial charge in [-0.3, -0.25) is 9.78 Å². The van der Waals surface area contributed by atoms with E-state index in [0.717, 1.165) is 41.4 Å². The van der Waals surface area contributed by atoms with Crippen LogP contribution in [-0.2, 0) is 0 Å². The van der Waals surface area contributed by atoms with E-state index in [1.165, 1.54) is 12.8 Å². The molecule has 0 atom stereocenters. The van der Waals surface area contributed by atoms with Gasteiger partial charge in [-0.1, -0.05) is 25.8 Å². The van der Waals surface area contributed by atoms with Crippen LogP contribution in [0.5, 0.6) is 0 Å². The minimum atomic E-state index is -0.105. The molecule has 1 fully saturated rings. The highest BCUT2D eigenvalue weighted by atomic mass is 16.1. The highest BCUT2D eigenvalue weighted by molar-refractivity contribution is 6.03. The van der Waals surface area contributed by atoms with E-state index in [1.807, 2.05) is 31.2 Å². The second kappa shape index (κ2) is 5.01. The van der Waals surface area contributed by atoms with Crippen molar-refractivity contribution in [3.05, 3.63) is 41.6 Å². The van der Waals surface area contributed by atoms with Crippen molar-refractivity contribution in [2.45, 2.75) is 46.0 Å². The van der Waals surface area contributed by atoms with Gasteiger partial charge in [-0.05, 0) is 50.5 Å². The molecule has 1 aliphatic rings. The number of aryl methyl sites for hydroxylation is 1. The topological polar surface area (TPSA) is 30.0 Å². The lowest BCUT2D eigenvalue weighted by Gasteiger charge is -2.25. The van der Waals surface area contributed by atoms with Crippen LogP contribution in [0.25, 0.3) is 10.9 Å². The van der Waals surface area contributed by atoms with E-state index in [4.69, 9.17) is 0 Å². The predicted molar refractivity (Wildman–Crippen MR) is 82.0 cm³/mol. The molecule has 0 radical (unpaired) electrons. The van der Waals surface area contributed by atoms with Crippen LogP contribution < -0.4 is 0 Å². The SMILES string of the molecule is CCC1(C(=O)c2ccc3nc(C)ccc3c2)CCCC1. The van der Waals surface area contributed by atoms with Gasteiger partial charge in [0.25, 0.3) is 0 Å². The maximum Gasteiger partial charge on any atom is 0.169 e. The summed E-state index contributed by atoms with van der Waals surface area (Å²) in [5.41, 5.74) is 2.73. The van der Waals surface area contributed by atoms with Crippen LogP contribution in [0.2, 0.25) is 0 Å². The molecule has 2 nitrogen and oxygen atoms in total. The Bertz CT molecular complexity index is 654. The summed E-state index contributed by atoms with van der Waals surface area (Å²) in [5, 5.41) is 1.06. The van der Waals surface area contributed by atoms with Gasteiger partial charge in [-0.2, -0.15) is 0 Å². The van der Waals surface area contributed by atoms with Crippen LogP contribution in [0.1, 0.15) is 55.1 Å². The number of ketones is 1. The molecule has 1 saturated carbocycles. The van der Waals surface area contributed by atoms with Gasteiger partial charge < -0.3 is 0 Å². The standard InChI is InChI=1S/C18H21NO/c1-3-18(10-4-5-11-18)17(20)15-8-9-16-14(12-15)7-6-13(2)19-16/h6-9,12H,3-5,10-11H2,1-2H3. The number of hydrogen-bond acceptors (Lipinski definition) is 2. The zero-order chi connectivity index (χ0) is 14.2. The average Bonchev–Trinajstić information content (AvgIpc) is 2.96. The largest absolute Gasteiger partial charge is 0.294 e.